The van der Waals surface area contributed by atoms with Crippen LogP contribution in [0.15, 0.2) is 30.3 Å². The Balaban J connectivity index is 1.72. The first-order valence-corrected chi connectivity index (χ1v) is 8.72. The summed E-state index contributed by atoms with van der Waals surface area (Å²) in [6, 6.07) is 8.50. The Labute approximate surface area is 147 Å². The molecule has 2 aliphatic heterocycles. The molecule has 0 aromatic heterocycles. The number of para-hydroxylation sites is 1. The lowest BCUT2D eigenvalue weighted by Gasteiger charge is -2.39. The van der Waals surface area contributed by atoms with Crippen molar-refractivity contribution >= 4 is 17.9 Å². The molecule has 7 nitrogen and oxygen atoms in total. The monoisotopic (exact) mass is 347 g/mol. The topological polar surface area (TPSA) is 84.3 Å². The Morgan fingerprint density at radius 3 is 2.44 bits per heavy atom. The SMILES string of the molecule is O=CC1N(c2ccccc2)CC[C@@]1(O)C(=O)N1CCN(CCO)CC1. The molecule has 0 saturated carbocycles. The zero-order chi connectivity index (χ0) is 17.9. The highest BCUT2D eigenvalue weighted by Gasteiger charge is 2.53. The van der Waals surface area contributed by atoms with Gasteiger partial charge in [0.05, 0.1) is 6.61 Å². The largest absolute Gasteiger partial charge is 0.395 e. The van der Waals surface area contributed by atoms with Crippen molar-refractivity contribution in [2.45, 2.75) is 18.1 Å². The molecule has 2 heterocycles. The van der Waals surface area contributed by atoms with Gasteiger partial charge in [0.25, 0.3) is 5.91 Å². The third kappa shape index (κ3) is 3.40. The molecule has 0 spiro atoms. The third-order valence-corrected chi connectivity index (χ3v) is 5.22. The number of aldehydes is 1. The number of piperazine rings is 1. The van der Waals surface area contributed by atoms with Gasteiger partial charge in [-0.25, -0.2) is 0 Å². The number of aliphatic hydroxyl groups is 2. The van der Waals surface area contributed by atoms with Crippen LogP contribution in [0.25, 0.3) is 0 Å². The Hall–Kier alpha value is -1.96. The predicted octanol–water partition coefficient (Wildman–Crippen LogP) is -0.668. The molecule has 2 fully saturated rings. The first-order valence-electron chi connectivity index (χ1n) is 8.72. The molecule has 3 rings (SSSR count). The van der Waals surface area contributed by atoms with Crippen molar-refractivity contribution in [2.75, 3.05) is 50.8 Å². The van der Waals surface area contributed by atoms with E-state index in [0.717, 1.165) is 5.69 Å². The molecule has 1 aromatic rings. The van der Waals surface area contributed by atoms with E-state index in [2.05, 4.69) is 4.90 Å². The summed E-state index contributed by atoms with van der Waals surface area (Å²) in [5.74, 6) is -0.369. The van der Waals surface area contributed by atoms with E-state index in [9.17, 15) is 14.7 Å². The Bertz CT molecular complexity index is 604. The Morgan fingerprint density at radius 1 is 1.16 bits per heavy atom. The molecule has 1 unspecified atom stereocenters. The zero-order valence-corrected chi connectivity index (χ0v) is 14.3. The average molecular weight is 347 g/mol. The van der Waals surface area contributed by atoms with Gasteiger partial charge in [0.1, 0.15) is 12.3 Å². The number of rotatable bonds is 5. The van der Waals surface area contributed by atoms with Gasteiger partial charge in [0.15, 0.2) is 5.60 Å². The van der Waals surface area contributed by atoms with Crippen LogP contribution in [0.4, 0.5) is 5.69 Å². The quantitative estimate of drug-likeness (QED) is 0.688. The van der Waals surface area contributed by atoms with E-state index >= 15 is 0 Å². The van der Waals surface area contributed by atoms with Gasteiger partial charge >= 0.3 is 0 Å². The molecule has 2 saturated heterocycles. The maximum Gasteiger partial charge on any atom is 0.257 e. The molecular formula is C18H25N3O4. The Morgan fingerprint density at radius 2 is 1.84 bits per heavy atom. The first-order chi connectivity index (χ1) is 12.1. The molecule has 2 atom stereocenters. The summed E-state index contributed by atoms with van der Waals surface area (Å²) in [7, 11) is 0. The van der Waals surface area contributed by atoms with Gasteiger partial charge in [-0.15, -0.1) is 0 Å². The van der Waals surface area contributed by atoms with Crippen LogP contribution in [-0.4, -0.2) is 89.7 Å². The summed E-state index contributed by atoms with van der Waals surface area (Å²) in [6.45, 7) is 3.46. The standard InChI is InChI=1S/C18H25N3O4/c22-13-12-19-8-10-20(11-9-19)17(24)18(25)6-7-21(16(18)14-23)15-4-2-1-3-5-15/h1-5,14,16,22,25H,6-13H2/t16?,18-/m0/s1. The highest BCUT2D eigenvalue weighted by molar-refractivity contribution is 5.92. The Kier molecular flexibility index (Phi) is 5.36. The van der Waals surface area contributed by atoms with Gasteiger partial charge in [-0.2, -0.15) is 0 Å². The number of hydrogen-bond donors (Lipinski definition) is 2. The second kappa shape index (κ2) is 7.51. The van der Waals surface area contributed by atoms with Gasteiger partial charge in [-0.3, -0.25) is 9.69 Å². The normalized spacial score (nSPS) is 27.5. The number of carbonyl (C=O) groups excluding carboxylic acids is 2. The van der Waals surface area contributed by atoms with Gasteiger partial charge in [0, 0.05) is 51.4 Å². The summed E-state index contributed by atoms with van der Waals surface area (Å²) in [6.07, 6.45) is 0.918. The number of carbonyl (C=O) groups is 2. The lowest BCUT2D eigenvalue weighted by atomic mass is 9.93. The summed E-state index contributed by atoms with van der Waals surface area (Å²) in [5.41, 5.74) is -0.854. The molecule has 2 aliphatic rings. The molecule has 1 amide bonds. The molecule has 0 radical (unpaired) electrons. The number of β-amino-alcohol motifs (C(OH)–C–C–N with tert-alkyl or cyclic N) is 1. The summed E-state index contributed by atoms with van der Waals surface area (Å²) >= 11 is 0. The number of anilines is 1. The van der Waals surface area contributed by atoms with Crippen molar-refractivity contribution in [3.63, 3.8) is 0 Å². The molecule has 7 heteroatoms. The second-order valence-electron chi connectivity index (χ2n) is 6.64. The van der Waals surface area contributed by atoms with E-state index in [1.807, 2.05) is 30.3 Å². The lowest BCUT2D eigenvalue weighted by molar-refractivity contribution is -0.154. The molecule has 0 aliphatic carbocycles. The van der Waals surface area contributed by atoms with Crippen molar-refractivity contribution in [1.82, 2.24) is 9.80 Å². The van der Waals surface area contributed by atoms with E-state index < -0.39 is 11.6 Å². The average Bonchev–Trinajstić information content (AvgIpc) is 3.00. The van der Waals surface area contributed by atoms with Crippen LogP contribution >= 0.6 is 0 Å². The number of aliphatic hydroxyl groups excluding tert-OH is 1. The number of amides is 1. The second-order valence-corrected chi connectivity index (χ2v) is 6.64. The number of hydrogen-bond acceptors (Lipinski definition) is 6. The summed E-state index contributed by atoms with van der Waals surface area (Å²) < 4.78 is 0. The molecule has 2 N–H and O–H groups in total. The number of benzene rings is 1. The number of nitrogens with zero attached hydrogens (tertiary/aromatic N) is 3. The van der Waals surface area contributed by atoms with Crippen LogP contribution in [0.3, 0.4) is 0 Å². The van der Waals surface area contributed by atoms with E-state index in [1.165, 1.54) is 0 Å². The maximum absolute atomic E-state index is 13.0. The van der Waals surface area contributed by atoms with Crippen LogP contribution in [0.1, 0.15) is 6.42 Å². The van der Waals surface area contributed by atoms with E-state index in [0.29, 0.717) is 45.6 Å². The van der Waals surface area contributed by atoms with Crippen LogP contribution in [-0.2, 0) is 9.59 Å². The van der Waals surface area contributed by atoms with Crippen molar-refractivity contribution in [2.24, 2.45) is 0 Å². The van der Waals surface area contributed by atoms with Gasteiger partial charge in [0.2, 0.25) is 0 Å². The fraction of sp³-hybridized carbons (Fsp3) is 0.556. The highest BCUT2D eigenvalue weighted by Crippen LogP contribution is 2.33. The van der Waals surface area contributed by atoms with Crippen LogP contribution < -0.4 is 4.90 Å². The minimum atomic E-state index is -1.68. The van der Waals surface area contributed by atoms with Crippen molar-refractivity contribution < 1.29 is 19.8 Å². The lowest BCUT2D eigenvalue weighted by Crippen LogP contribution is -2.60. The van der Waals surface area contributed by atoms with Crippen molar-refractivity contribution in [3.8, 4) is 0 Å². The van der Waals surface area contributed by atoms with E-state index in [4.69, 9.17) is 5.11 Å². The molecule has 1 aromatic carbocycles. The zero-order valence-electron chi connectivity index (χ0n) is 14.3. The summed E-state index contributed by atoms with van der Waals surface area (Å²) in [5, 5.41) is 20.1. The van der Waals surface area contributed by atoms with Gasteiger partial charge in [-0.1, -0.05) is 18.2 Å². The minimum Gasteiger partial charge on any atom is -0.395 e. The van der Waals surface area contributed by atoms with Crippen molar-refractivity contribution in [3.05, 3.63) is 30.3 Å². The molecule has 136 valence electrons. The van der Waals surface area contributed by atoms with Crippen LogP contribution in [0, 0.1) is 0 Å². The van der Waals surface area contributed by atoms with Crippen LogP contribution in [0.2, 0.25) is 0 Å². The van der Waals surface area contributed by atoms with Gasteiger partial charge in [-0.05, 0) is 12.1 Å². The van der Waals surface area contributed by atoms with Crippen LogP contribution in [0.5, 0.6) is 0 Å². The summed E-state index contributed by atoms with van der Waals surface area (Å²) in [4.78, 5) is 30.2. The first kappa shape index (κ1) is 17.8. The fourth-order valence-electron chi connectivity index (χ4n) is 3.75. The molecule has 0 bridgehead atoms. The van der Waals surface area contributed by atoms with Crippen molar-refractivity contribution in [1.29, 1.82) is 0 Å². The smallest absolute Gasteiger partial charge is 0.257 e. The fourth-order valence-corrected chi connectivity index (χ4v) is 3.75. The van der Waals surface area contributed by atoms with E-state index in [1.54, 1.807) is 9.80 Å². The third-order valence-electron chi connectivity index (χ3n) is 5.22. The molecular weight excluding hydrogens is 322 g/mol. The predicted molar refractivity (Wildman–Crippen MR) is 93.3 cm³/mol. The molecule has 25 heavy (non-hydrogen) atoms. The minimum absolute atomic E-state index is 0.0944. The van der Waals surface area contributed by atoms with E-state index in [-0.39, 0.29) is 18.9 Å². The van der Waals surface area contributed by atoms with Gasteiger partial charge < -0.3 is 24.8 Å². The maximum atomic E-state index is 13.0. The highest BCUT2D eigenvalue weighted by atomic mass is 16.3.